The van der Waals surface area contributed by atoms with Gasteiger partial charge in [-0.1, -0.05) is 18.2 Å². The Balaban J connectivity index is 1.13. The molecule has 0 aliphatic carbocycles. The van der Waals surface area contributed by atoms with E-state index in [2.05, 4.69) is 31.0 Å². The maximum Gasteiger partial charge on any atom is 0.245 e. The van der Waals surface area contributed by atoms with Gasteiger partial charge < -0.3 is 24.4 Å². The SMILES string of the molecule is CN1CC[C@H]2COCc3nc4cccc(c4n32)-c2cccc(n2)N[C@H]2C[C@@H](C1=O)N(c1ncnc3c1cnn3-c1ccc(F)cc1F)C2. The van der Waals surface area contributed by atoms with Crippen LogP contribution in [-0.2, 0) is 16.1 Å². The lowest BCUT2D eigenvalue weighted by Gasteiger charge is -2.31. The summed E-state index contributed by atoms with van der Waals surface area (Å²) < 4.78 is 38.0. The molecule has 12 nitrogen and oxygen atoms in total. The van der Waals surface area contributed by atoms with Crippen molar-refractivity contribution < 1.29 is 18.3 Å². The van der Waals surface area contributed by atoms with E-state index in [0.29, 0.717) is 61.8 Å². The van der Waals surface area contributed by atoms with Crippen molar-refractivity contribution in [2.75, 3.05) is 37.0 Å². The van der Waals surface area contributed by atoms with Crippen LogP contribution in [0.15, 0.2) is 67.1 Å². The van der Waals surface area contributed by atoms with Crippen molar-refractivity contribution in [2.45, 2.75) is 37.6 Å². The van der Waals surface area contributed by atoms with Crippen LogP contribution in [0.5, 0.6) is 0 Å². The number of carbonyl (C=O) groups excluding carboxylic acids is 1. The quantitative estimate of drug-likeness (QED) is 0.290. The van der Waals surface area contributed by atoms with Crippen LogP contribution in [0.1, 0.15) is 24.7 Å². The fourth-order valence-electron chi connectivity index (χ4n) is 7.35. The number of pyridine rings is 1. The van der Waals surface area contributed by atoms with Gasteiger partial charge in [-0.15, -0.1) is 0 Å². The first-order valence-corrected chi connectivity index (χ1v) is 15.9. The summed E-state index contributed by atoms with van der Waals surface area (Å²) in [7, 11) is 1.83. The van der Waals surface area contributed by atoms with Gasteiger partial charge in [0.05, 0.1) is 41.0 Å². The molecule has 242 valence electrons. The number of nitrogens with zero attached hydrogens (tertiary/aromatic N) is 9. The van der Waals surface area contributed by atoms with Crippen LogP contribution in [0.3, 0.4) is 0 Å². The van der Waals surface area contributed by atoms with E-state index < -0.39 is 17.7 Å². The van der Waals surface area contributed by atoms with E-state index in [1.807, 2.05) is 42.3 Å². The summed E-state index contributed by atoms with van der Waals surface area (Å²) in [5.41, 5.74) is 4.13. The van der Waals surface area contributed by atoms with Gasteiger partial charge in [-0.25, -0.2) is 33.4 Å². The highest BCUT2D eigenvalue weighted by Crippen LogP contribution is 2.36. The van der Waals surface area contributed by atoms with Crippen LogP contribution in [0, 0.1) is 11.6 Å². The molecule has 0 radical (unpaired) electrons. The monoisotopic (exact) mass is 648 g/mol. The Morgan fingerprint density at radius 1 is 1.04 bits per heavy atom. The van der Waals surface area contributed by atoms with Crippen molar-refractivity contribution in [1.82, 2.24) is 39.2 Å². The number of nitrogens with one attached hydrogen (secondary N) is 1. The Morgan fingerprint density at radius 3 is 2.83 bits per heavy atom. The molecule has 3 atom stereocenters. The molecule has 1 saturated heterocycles. The summed E-state index contributed by atoms with van der Waals surface area (Å²) in [6.45, 7) is 1.88. The molecular weight excluding hydrogens is 618 g/mol. The second-order valence-electron chi connectivity index (χ2n) is 12.5. The number of hydrogen-bond acceptors (Lipinski definition) is 9. The predicted octanol–water partition coefficient (Wildman–Crippen LogP) is 4.50. The third-order valence-corrected chi connectivity index (χ3v) is 9.58. The third-order valence-electron chi connectivity index (χ3n) is 9.58. The number of carbonyl (C=O) groups is 1. The minimum atomic E-state index is -0.766. The van der Waals surface area contributed by atoms with Crippen LogP contribution >= 0.6 is 0 Å². The first-order chi connectivity index (χ1) is 23.4. The Bertz CT molecular complexity index is 2240. The highest BCUT2D eigenvalue weighted by molar-refractivity contribution is 5.93. The fraction of sp³-hybridized carbons (Fsp3) is 0.294. The fourth-order valence-corrected chi connectivity index (χ4v) is 7.35. The lowest BCUT2D eigenvalue weighted by atomic mass is 10.1. The molecule has 3 aliphatic heterocycles. The van der Waals surface area contributed by atoms with E-state index in [1.54, 1.807) is 11.1 Å². The van der Waals surface area contributed by atoms with Crippen LogP contribution in [0.4, 0.5) is 20.4 Å². The molecule has 14 heteroatoms. The van der Waals surface area contributed by atoms with Crippen LogP contribution in [0.25, 0.3) is 39.0 Å². The van der Waals surface area contributed by atoms with Crippen LogP contribution in [-0.4, -0.2) is 83.9 Å². The lowest BCUT2D eigenvalue weighted by Crippen LogP contribution is -2.45. The maximum absolute atomic E-state index is 14.8. The molecule has 0 spiro atoms. The topological polar surface area (TPSA) is 119 Å². The first-order valence-electron chi connectivity index (χ1n) is 15.9. The zero-order valence-electron chi connectivity index (χ0n) is 25.9. The minimum Gasteiger partial charge on any atom is -0.371 e. The van der Waals surface area contributed by atoms with Crippen LogP contribution in [0.2, 0.25) is 0 Å². The number of anilines is 2. The molecule has 7 heterocycles. The molecule has 0 unspecified atom stereocenters. The van der Waals surface area contributed by atoms with Gasteiger partial charge >= 0.3 is 0 Å². The molecule has 6 aromatic rings. The van der Waals surface area contributed by atoms with E-state index in [9.17, 15) is 13.6 Å². The van der Waals surface area contributed by atoms with Crippen molar-refractivity contribution in [3.05, 3.63) is 84.6 Å². The highest BCUT2D eigenvalue weighted by Gasteiger charge is 2.40. The molecule has 4 bridgehead atoms. The number of para-hydroxylation sites is 1. The zero-order valence-corrected chi connectivity index (χ0v) is 25.9. The molecule has 1 amide bonds. The van der Waals surface area contributed by atoms with Gasteiger partial charge in [0, 0.05) is 37.8 Å². The van der Waals surface area contributed by atoms with E-state index in [4.69, 9.17) is 14.7 Å². The molecule has 1 N–H and O–H groups in total. The molecule has 2 aromatic carbocycles. The first kappa shape index (κ1) is 28.7. The summed E-state index contributed by atoms with van der Waals surface area (Å²) in [6.07, 6.45) is 4.10. The number of rotatable bonds is 2. The molecule has 3 aliphatic rings. The van der Waals surface area contributed by atoms with Crippen LogP contribution < -0.4 is 10.2 Å². The Morgan fingerprint density at radius 2 is 1.94 bits per heavy atom. The molecule has 48 heavy (non-hydrogen) atoms. The van der Waals surface area contributed by atoms with Crippen molar-refractivity contribution in [1.29, 1.82) is 0 Å². The van der Waals surface area contributed by atoms with Crippen molar-refractivity contribution >= 4 is 39.6 Å². The van der Waals surface area contributed by atoms with E-state index in [0.717, 1.165) is 34.2 Å². The number of imidazole rings is 1. The molecule has 4 aromatic heterocycles. The molecular formula is C34H30F2N10O2. The van der Waals surface area contributed by atoms with E-state index >= 15 is 0 Å². The average molecular weight is 649 g/mol. The number of hydrogen-bond donors (Lipinski definition) is 1. The summed E-state index contributed by atoms with van der Waals surface area (Å²) >= 11 is 0. The number of likely N-dealkylation sites (N-methyl/N-ethyl adjacent to an activating group) is 1. The summed E-state index contributed by atoms with van der Waals surface area (Å²) in [5.74, 6) is 0.559. The smallest absolute Gasteiger partial charge is 0.245 e. The second-order valence-corrected chi connectivity index (χ2v) is 12.5. The van der Waals surface area contributed by atoms with Gasteiger partial charge in [0.15, 0.2) is 11.5 Å². The molecule has 1 fully saturated rings. The van der Waals surface area contributed by atoms with Gasteiger partial charge in [-0.05, 0) is 43.2 Å². The van der Waals surface area contributed by atoms with E-state index in [1.165, 1.54) is 23.1 Å². The largest absolute Gasteiger partial charge is 0.371 e. The minimum absolute atomic E-state index is 0.0202. The predicted molar refractivity (Wildman–Crippen MR) is 174 cm³/mol. The van der Waals surface area contributed by atoms with Crippen molar-refractivity contribution in [2.24, 2.45) is 0 Å². The van der Waals surface area contributed by atoms with Gasteiger partial charge in [0.1, 0.15) is 47.9 Å². The summed E-state index contributed by atoms with van der Waals surface area (Å²) in [6, 6.07) is 14.6. The third kappa shape index (κ3) is 4.58. The molecule has 0 saturated carbocycles. The van der Waals surface area contributed by atoms with Gasteiger partial charge in [-0.2, -0.15) is 5.10 Å². The highest BCUT2D eigenvalue weighted by atomic mass is 19.1. The lowest BCUT2D eigenvalue weighted by molar-refractivity contribution is -0.131. The van der Waals surface area contributed by atoms with Gasteiger partial charge in [-0.3, -0.25) is 4.79 Å². The Hall–Kier alpha value is -5.50. The second kappa shape index (κ2) is 11.0. The number of amides is 1. The standard InChI is InChI=1S/C34H30F2N10O2/c1-43-11-10-21-16-48-17-30-42-26-6-2-4-22(31(26)45(21)30)25-5-3-7-29(41-25)40-20-13-28(34(43)47)44(15-20)32-23-14-39-46(33(23)38-18-37-32)27-9-8-19(35)12-24(27)36/h2-9,12,14,18,20-21,28H,10-11,13,15-17H2,1H3,(H,40,41)/t20-,21-,28-/m0/s1. The average Bonchev–Trinajstić information content (AvgIpc) is 3.82. The summed E-state index contributed by atoms with van der Waals surface area (Å²) in [5, 5.41) is 8.52. The maximum atomic E-state index is 14.8. The molecule has 9 rings (SSSR count). The Labute approximate surface area is 273 Å². The van der Waals surface area contributed by atoms with E-state index in [-0.39, 0.29) is 23.7 Å². The number of aromatic nitrogens is 7. The number of fused-ring (bicyclic) bond motifs is 6. The summed E-state index contributed by atoms with van der Waals surface area (Å²) in [4.78, 5) is 37.0. The Kier molecular flexibility index (Phi) is 6.61. The number of halogens is 2. The normalized spacial score (nSPS) is 21.0. The van der Waals surface area contributed by atoms with Crippen molar-refractivity contribution in [3.63, 3.8) is 0 Å². The zero-order chi connectivity index (χ0) is 32.5. The van der Waals surface area contributed by atoms with Crippen molar-refractivity contribution in [3.8, 4) is 16.9 Å². The number of ether oxygens (including phenoxy) is 1. The van der Waals surface area contributed by atoms with Gasteiger partial charge in [0.25, 0.3) is 0 Å². The van der Waals surface area contributed by atoms with Gasteiger partial charge in [0.2, 0.25) is 5.91 Å². The number of benzene rings is 2.